The van der Waals surface area contributed by atoms with Crippen molar-refractivity contribution in [1.29, 1.82) is 0 Å². The van der Waals surface area contributed by atoms with E-state index in [-0.39, 0.29) is 22.9 Å². The van der Waals surface area contributed by atoms with Gasteiger partial charge in [0.2, 0.25) is 0 Å². The van der Waals surface area contributed by atoms with Crippen LogP contribution in [0.2, 0.25) is 0 Å². The van der Waals surface area contributed by atoms with Gasteiger partial charge in [-0.3, -0.25) is 0 Å². The number of rotatable bonds is 4. The topological polar surface area (TPSA) is 0 Å². The van der Waals surface area contributed by atoms with Gasteiger partial charge in [0.1, 0.15) is 0 Å². The van der Waals surface area contributed by atoms with Gasteiger partial charge in [-0.05, 0) is 18.2 Å². The lowest BCUT2D eigenvalue weighted by Crippen LogP contribution is -2.08. The summed E-state index contributed by atoms with van der Waals surface area (Å²) < 4.78 is 34.7. The van der Waals surface area contributed by atoms with Crippen molar-refractivity contribution >= 4 is 23.4 Å². The molecule has 0 saturated heterocycles. The predicted molar refractivity (Wildman–Crippen MR) is 43.1 cm³/mol. The van der Waals surface area contributed by atoms with Crippen LogP contribution in [0, 0.1) is 0 Å². The predicted octanol–water partition coefficient (Wildman–Crippen LogP) is 3.65. The Balaban J connectivity index is 3.38. The fraction of sp³-hybridized carbons (Fsp3) is 1.00. The Morgan fingerprint density at radius 2 is 2.00 bits per heavy atom. The maximum absolute atomic E-state index is 11.6. The Hall–Kier alpha value is 0.430. The molecule has 0 fully saturated rings. The lowest BCUT2D eigenvalue weighted by atomic mass is 10.3. The van der Waals surface area contributed by atoms with E-state index in [1.807, 2.05) is 6.92 Å². The van der Waals surface area contributed by atoms with Gasteiger partial charge >= 0.3 is 5.51 Å². The van der Waals surface area contributed by atoms with Crippen LogP contribution in [0.4, 0.5) is 13.2 Å². The molecule has 0 aromatic carbocycles. The molecule has 0 spiro atoms. The molecule has 68 valence electrons. The second-order valence-electron chi connectivity index (χ2n) is 2.14. The van der Waals surface area contributed by atoms with E-state index in [9.17, 15) is 13.2 Å². The highest BCUT2D eigenvalue weighted by molar-refractivity contribution is 8.00. The van der Waals surface area contributed by atoms with E-state index in [4.69, 9.17) is 11.6 Å². The molecule has 0 heterocycles. The van der Waals surface area contributed by atoms with Gasteiger partial charge in [0, 0.05) is 11.1 Å². The summed E-state index contributed by atoms with van der Waals surface area (Å²) in [4.78, 5) is 0. The molecule has 0 aromatic heterocycles. The summed E-state index contributed by atoms with van der Waals surface area (Å²) in [5.74, 6) is -0.0428. The van der Waals surface area contributed by atoms with E-state index in [1.165, 1.54) is 0 Å². The van der Waals surface area contributed by atoms with Crippen molar-refractivity contribution in [1.82, 2.24) is 0 Å². The van der Waals surface area contributed by atoms with Crippen LogP contribution in [-0.2, 0) is 0 Å². The lowest BCUT2D eigenvalue weighted by Gasteiger charge is -2.08. The normalized spacial score (nSPS) is 15.0. The second-order valence-corrected chi connectivity index (χ2v) is 3.84. The van der Waals surface area contributed by atoms with Crippen LogP contribution in [-0.4, -0.2) is 16.6 Å². The van der Waals surface area contributed by atoms with Crippen molar-refractivity contribution in [2.24, 2.45) is 0 Å². The average Bonchev–Trinajstić information content (AvgIpc) is 1.83. The first-order valence-electron chi connectivity index (χ1n) is 3.30. The van der Waals surface area contributed by atoms with E-state index < -0.39 is 5.51 Å². The third-order valence-electron chi connectivity index (χ3n) is 1.03. The summed E-state index contributed by atoms with van der Waals surface area (Å²) in [7, 11) is 0. The minimum absolute atomic E-state index is 0.0428. The van der Waals surface area contributed by atoms with E-state index in [0.29, 0.717) is 6.42 Å². The zero-order valence-electron chi connectivity index (χ0n) is 6.12. The quantitative estimate of drug-likeness (QED) is 0.633. The Bertz CT molecular complexity index is 104. The third kappa shape index (κ3) is 8.34. The van der Waals surface area contributed by atoms with E-state index in [2.05, 4.69) is 0 Å². The first kappa shape index (κ1) is 11.4. The fourth-order valence-corrected chi connectivity index (χ4v) is 1.53. The summed E-state index contributed by atoms with van der Waals surface area (Å²) in [6, 6.07) is 0. The minimum atomic E-state index is -4.14. The molecule has 0 N–H and O–H groups in total. The molecule has 11 heavy (non-hydrogen) atoms. The molecule has 5 heteroatoms. The van der Waals surface area contributed by atoms with Crippen LogP contribution >= 0.6 is 23.4 Å². The van der Waals surface area contributed by atoms with Crippen molar-refractivity contribution in [3.63, 3.8) is 0 Å². The standard InChI is InChI=1S/C6H10ClF3S/c1-2-3-5(7)4-11-6(8,9)10/h5H,2-4H2,1H3. The van der Waals surface area contributed by atoms with Gasteiger partial charge in [-0.2, -0.15) is 13.2 Å². The smallest absolute Gasteiger partial charge is 0.160 e. The Morgan fingerprint density at radius 3 is 2.36 bits per heavy atom. The van der Waals surface area contributed by atoms with Crippen LogP contribution < -0.4 is 0 Å². The zero-order chi connectivity index (χ0) is 8.91. The Morgan fingerprint density at radius 1 is 1.45 bits per heavy atom. The Kier molecular flexibility index (Phi) is 5.34. The van der Waals surface area contributed by atoms with Gasteiger partial charge in [-0.25, -0.2) is 0 Å². The first-order chi connectivity index (χ1) is 4.95. The molecule has 0 radical (unpaired) electrons. The molecule has 0 aliphatic carbocycles. The maximum Gasteiger partial charge on any atom is 0.441 e. The van der Waals surface area contributed by atoms with Gasteiger partial charge in [0.25, 0.3) is 0 Å². The molecule has 0 bridgehead atoms. The highest BCUT2D eigenvalue weighted by atomic mass is 35.5. The first-order valence-corrected chi connectivity index (χ1v) is 4.72. The van der Waals surface area contributed by atoms with Crippen molar-refractivity contribution < 1.29 is 13.2 Å². The number of hydrogen-bond acceptors (Lipinski definition) is 1. The molecule has 1 atom stereocenters. The SMILES string of the molecule is CCCC(Cl)CSC(F)(F)F. The molecule has 0 aliphatic heterocycles. The highest BCUT2D eigenvalue weighted by Gasteiger charge is 2.28. The van der Waals surface area contributed by atoms with Crippen molar-refractivity contribution in [3.05, 3.63) is 0 Å². The molecule has 1 unspecified atom stereocenters. The van der Waals surface area contributed by atoms with Crippen LogP contribution in [0.25, 0.3) is 0 Å². The lowest BCUT2D eigenvalue weighted by molar-refractivity contribution is -0.0327. The van der Waals surface area contributed by atoms with E-state index in [1.54, 1.807) is 0 Å². The molecule has 0 aromatic rings. The summed E-state index contributed by atoms with van der Waals surface area (Å²) >= 11 is 5.52. The second kappa shape index (κ2) is 5.14. The molecule has 0 nitrogen and oxygen atoms in total. The summed E-state index contributed by atoms with van der Waals surface area (Å²) in [5.41, 5.74) is -4.14. The number of halogens is 4. The van der Waals surface area contributed by atoms with Crippen LogP contribution in [0.15, 0.2) is 0 Å². The van der Waals surface area contributed by atoms with Crippen LogP contribution in [0.3, 0.4) is 0 Å². The Labute approximate surface area is 73.5 Å². The third-order valence-corrected chi connectivity index (χ3v) is 2.48. The highest BCUT2D eigenvalue weighted by Crippen LogP contribution is 2.31. The van der Waals surface area contributed by atoms with Gasteiger partial charge in [-0.1, -0.05) is 13.3 Å². The van der Waals surface area contributed by atoms with Crippen molar-refractivity contribution in [2.45, 2.75) is 30.7 Å². The number of alkyl halides is 4. The molecular weight excluding hydrogens is 197 g/mol. The van der Waals surface area contributed by atoms with Gasteiger partial charge in [0.05, 0.1) is 0 Å². The monoisotopic (exact) mass is 206 g/mol. The number of thioether (sulfide) groups is 1. The van der Waals surface area contributed by atoms with Crippen molar-refractivity contribution in [2.75, 3.05) is 5.75 Å². The maximum atomic E-state index is 11.6. The van der Waals surface area contributed by atoms with Crippen molar-refractivity contribution in [3.8, 4) is 0 Å². The minimum Gasteiger partial charge on any atom is -0.160 e. The molecular formula is C6H10ClF3S. The van der Waals surface area contributed by atoms with Gasteiger partial charge in [0.15, 0.2) is 0 Å². The zero-order valence-corrected chi connectivity index (χ0v) is 7.69. The summed E-state index contributed by atoms with van der Waals surface area (Å²) in [6.45, 7) is 1.90. The van der Waals surface area contributed by atoms with Crippen LogP contribution in [0.5, 0.6) is 0 Å². The number of hydrogen-bond donors (Lipinski definition) is 0. The average molecular weight is 207 g/mol. The molecule has 0 amide bonds. The summed E-state index contributed by atoms with van der Waals surface area (Å²) in [6.07, 6.45) is 1.47. The molecule has 0 rings (SSSR count). The molecule has 0 aliphatic rings. The van der Waals surface area contributed by atoms with Gasteiger partial charge in [-0.15, -0.1) is 11.6 Å². The van der Waals surface area contributed by atoms with Gasteiger partial charge < -0.3 is 0 Å². The van der Waals surface area contributed by atoms with Crippen LogP contribution in [0.1, 0.15) is 19.8 Å². The summed E-state index contributed by atoms with van der Waals surface area (Å²) in [5, 5.41) is -0.355. The van der Waals surface area contributed by atoms with E-state index in [0.717, 1.165) is 6.42 Å². The van der Waals surface area contributed by atoms with E-state index >= 15 is 0 Å². The largest absolute Gasteiger partial charge is 0.441 e. The molecule has 0 saturated carbocycles. The fourth-order valence-electron chi connectivity index (χ4n) is 0.581.